The number of hydrogen-bond donors (Lipinski definition) is 1. The first-order chi connectivity index (χ1) is 10.0. The third-order valence-corrected chi connectivity index (χ3v) is 3.25. The first kappa shape index (κ1) is 15.4. The third kappa shape index (κ3) is 3.76. The Morgan fingerprint density at radius 2 is 1.86 bits per heavy atom. The van der Waals surface area contributed by atoms with Crippen molar-refractivity contribution in [3.8, 4) is 5.75 Å². The Hall–Kier alpha value is -2.01. The molecule has 0 aromatic heterocycles. The topological polar surface area (TPSA) is 21.3 Å². The van der Waals surface area contributed by atoms with Crippen LogP contribution in [0.3, 0.4) is 0 Å². The van der Waals surface area contributed by atoms with E-state index < -0.39 is 6.61 Å². The van der Waals surface area contributed by atoms with Gasteiger partial charge in [0.25, 0.3) is 0 Å². The Kier molecular flexibility index (Phi) is 4.85. The van der Waals surface area contributed by atoms with Gasteiger partial charge >= 0.3 is 6.61 Å². The standard InChI is InChI=1S/C16H16F3NO/c1-10-8-12(17)6-7-14(10)15(20-2)11-4-3-5-13(9-11)21-16(18)19/h3-9,15-16,20H,1-2H3. The van der Waals surface area contributed by atoms with Crippen molar-refractivity contribution in [2.75, 3.05) is 7.05 Å². The van der Waals surface area contributed by atoms with E-state index in [4.69, 9.17) is 0 Å². The summed E-state index contributed by atoms with van der Waals surface area (Å²) >= 11 is 0. The molecule has 0 aliphatic rings. The summed E-state index contributed by atoms with van der Waals surface area (Å²) in [7, 11) is 1.76. The molecule has 0 heterocycles. The minimum atomic E-state index is -2.86. The fourth-order valence-electron chi connectivity index (χ4n) is 2.34. The van der Waals surface area contributed by atoms with Gasteiger partial charge in [-0.2, -0.15) is 8.78 Å². The number of nitrogens with one attached hydrogen (secondary N) is 1. The molecule has 2 nitrogen and oxygen atoms in total. The maximum Gasteiger partial charge on any atom is 0.387 e. The summed E-state index contributed by atoms with van der Waals surface area (Å²) in [5.41, 5.74) is 2.44. The molecule has 0 aliphatic carbocycles. The Balaban J connectivity index is 2.37. The minimum absolute atomic E-state index is 0.0996. The SMILES string of the molecule is CNC(c1cccc(OC(F)F)c1)c1ccc(F)cc1C. The lowest BCUT2D eigenvalue weighted by Gasteiger charge is -2.20. The molecule has 5 heteroatoms. The van der Waals surface area contributed by atoms with Gasteiger partial charge < -0.3 is 10.1 Å². The summed E-state index contributed by atoms with van der Waals surface area (Å²) in [6.07, 6.45) is 0. The summed E-state index contributed by atoms with van der Waals surface area (Å²) in [6.45, 7) is -1.05. The van der Waals surface area contributed by atoms with Gasteiger partial charge in [0.15, 0.2) is 0 Å². The molecule has 0 saturated carbocycles. The van der Waals surface area contributed by atoms with Crippen LogP contribution < -0.4 is 10.1 Å². The molecule has 21 heavy (non-hydrogen) atoms. The summed E-state index contributed by atoms with van der Waals surface area (Å²) in [6, 6.07) is 10.8. The van der Waals surface area contributed by atoms with Gasteiger partial charge in [-0.25, -0.2) is 4.39 Å². The van der Waals surface area contributed by atoms with Crippen LogP contribution in [0.1, 0.15) is 22.7 Å². The van der Waals surface area contributed by atoms with E-state index in [0.717, 1.165) is 16.7 Å². The summed E-state index contributed by atoms with van der Waals surface area (Å²) in [4.78, 5) is 0. The monoisotopic (exact) mass is 295 g/mol. The molecule has 0 spiro atoms. The molecule has 0 bridgehead atoms. The van der Waals surface area contributed by atoms with Gasteiger partial charge in [0, 0.05) is 0 Å². The second-order valence-corrected chi connectivity index (χ2v) is 4.67. The fourth-order valence-corrected chi connectivity index (χ4v) is 2.34. The van der Waals surface area contributed by atoms with Gasteiger partial charge in [0.2, 0.25) is 0 Å². The molecule has 1 N–H and O–H groups in total. The lowest BCUT2D eigenvalue weighted by atomic mass is 9.95. The maximum absolute atomic E-state index is 13.2. The van der Waals surface area contributed by atoms with Crippen LogP contribution in [-0.4, -0.2) is 13.7 Å². The van der Waals surface area contributed by atoms with Gasteiger partial charge in [-0.15, -0.1) is 0 Å². The summed E-state index contributed by atoms with van der Waals surface area (Å²) in [5.74, 6) is -0.205. The van der Waals surface area contributed by atoms with Crippen LogP contribution in [0.2, 0.25) is 0 Å². The van der Waals surface area contributed by atoms with Crippen molar-refractivity contribution in [2.45, 2.75) is 19.6 Å². The molecule has 0 amide bonds. The normalized spacial score (nSPS) is 12.5. The zero-order chi connectivity index (χ0) is 15.4. The number of rotatable bonds is 5. The number of halogens is 3. The third-order valence-electron chi connectivity index (χ3n) is 3.25. The molecular weight excluding hydrogens is 279 g/mol. The van der Waals surface area contributed by atoms with Crippen molar-refractivity contribution >= 4 is 0 Å². The second kappa shape index (κ2) is 6.63. The maximum atomic E-state index is 13.2. The van der Waals surface area contributed by atoms with Crippen molar-refractivity contribution in [1.29, 1.82) is 0 Å². The van der Waals surface area contributed by atoms with E-state index in [-0.39, 0.29) is 17.6 Å². The van der Waals surface area contributed by atoms with Gasteiger partial charge in [0.05, 0.1) is 6.04 Å². The Bertz CT molecular complexity index is 616. The van der Waals surface area contributed by atoms with Gasteiger partial charge in [-0.05, 0) is 54.9 Å². The number of hydrogen-bond acceptors (Lipinski definition) is 2. The number of aryl methyl sites for hydroxylation is 1. The molecule has 112 valence electrons. The van der Waals surface area contributed by atoms with Crippen LogP contribution in [-0.2, 0) is 0 Å². The molecular formula is C16H16F3NO. The highest BCUT2D eigenvalue weighted by molar-refractivity contribution is 5.40. The van der Waals surface area contributed by atoms with E-state index in [2.05, 4.69) is 10.1 Å². The predicted molar refractivity (Wildman–Crippen MR) is 75.1 cm³/mol. The van der Waals surface area contributed by atoms with E-state index in [1.54, 1.807) is 25.2 Å². The highest BCUT2D eigenvalue weighted by Crippen LogP contribution is 2.28. The summed E-state index contributed by atoms with van der Waals surface area (Å²) in [5, 5.41) is 3.11. The smallest absolute Gasteiger partial charge is 0.387 e. The first-order valence-electron chi connectivity index (χ1n) is 6.49. The molecule has 0 aliphatic heterocycles. The van der Waals surface area contributed by atoms with E-state index in [1.165, 1.54) is 18.2 Å². The molecule has 2 aromatic carbocycles. The van der Waals surface area contributed by atoms with Crippen LogP contribution in [0.15, 0.2) is 42.5 Å². The van der Waals surface area contributed by atoms with Crippen LogP contribution in [0.4, 0.5) is 13.2 Å². The van der Waals surface area contributed by atoms with E-state index in [0.29, 0.717) is 0 Å². The van der Waals surface area contributed by atoms with Crippen LogP contribution in [0.25, 0.3) is 0 Å². The van der Waals surface area contributed by atoms with Crippen molar-refractivity contribution in [3.63, 3.8) is 0 Å². The molecule has 1 unspecified atom stereocenters. The van der Waals surface area contributed by atoms with Crippen molar-refractivity contribution in [3.05, 3.63) is 65.0 Å². The Labute approximate surface area is 121 Å². The Morgan fingerprint density at radius 1 is 1.10 bits per heavy atom. The molecule has 2 aromatic rings. The molecule has 2 rings (SSSR count). The van der Waals surface area contributed by atoms with Gasteiger partial charge in [0.1, 0.15) is 11.6 Å². The fraction of sp³-hybridized carbons (Fsp3) is 0.250. The zero-order valence-electron chi connectivity index (χ0n) is 11.7. The Morgan fingerprint density at radius 3 is 2.48 bits per heavy atom. The summed E-state index contributed by atoms with van der Waals surface area (Å²) < 4.78 is 42.2. The molecule has 1 atom stereocenters. The van der Waals surface area contributed by atoms with E-state index >= 15 is 0 Å². The van der Waals surface area contributed by atoms with E-state index in [1.807, 2.05) is 13.0 Å². The lowest BCUT2D eigenvalue weighted by molar-refractivity contribution is -0.0498. The van der Waals surface area contributed by atoms with Crippen molar-refractivity contribution < 1.29 is 17.9 Å². The predicted octanol–water partition coefficient (Wildman–Crippen LogP) is 4.04. The molecule has 0 saturated heterocycles. The van der Waals surface area contributed by atoms with Crippen molar-refractivity contribution in [2.24, 2.45) is 0 Å². The average Bonchev–Trinajstić information content (AvgIpc) is 2.41. The highest BCUT2D eigenvalue weighted by Gasteiger charge is 2.16. The zero-order valence-corrected chi connectivity index (χ0v) is 11.7. The van der Waals surface area contributed by atoms with Crippen LogP contribution in [0, 0.1) is 12.7 Å². The second-order valence-electron chi connectivity index (χ2n) is 4.67. The largest absolute Gasteiger partial charge is 0.435 e. The van der Waals surface area contributed by atoms with E-state index in [9.17, 15) is 13.2 Å². The van der Waals surface area contributed by atoms with Crippen molar-refractivity contribution in [1.82, 2.24) is 5.32 Å². The average molecular weight is 295 g/mol. The van der Waals surface area contributed by atoms with Gasteiger partial charge in [-0.1, -0.05) is 18.2 Å². The molecule has 0 fully saturated rings. The van der Waals surface area contributed by atoms with Gasteiger partial charge in [-0.3, -0.25) is 0 Å². The quantitative estimate of drug-likeness (QED) is 0.898. The number of benzene rings is 2. The first-order valence-corrected chi connectivity index (χ1v) is 6.49. The lowest BCUT2D eigenvalue weighted by Crippen LogP contribution is -2.19. The number of ether oxygens (including phenoxy) is 1. The van der Waals surface area contributed by atoms with Crippen LogP contribution >= 0.6 is 0 Å². The minimum Gasteiger partial charge on any atom is -0.435 e. The number of alkyl halides is 2. The highest BCUT2D eigenvalue weighted by atomic mass is 19.3. The van der Waals surface area contributed by atoms with Crippen LogP contribution in [0.5, 0.6) is 5.75 Å². The molecule has 0 radical (unpaired) electrons.